The Morgan fingerprint density at radius 3 is 1.92 bits per heavy atom. The van der Waals surface area contributed by atoms with Crippen LogP contribution in [-0.2, 0) is 14.0 Å². The van der Waals surface area contributed by atoms with Gasteiger partial charge in [-0.25, -0.2) is 15.0 Å². The van der Waals surface area contributed by atoms with E-state index in [1.54, 1.807) is 19.3 Å². The number of nitrogens with zero attached hydrogens (tertiary/aromatic N) is 3. The third-order valence-corrected chi connectivity index (χ3v) is 3.97. The molecule has 138 valence electrons. The van der Waals surface area contributed by atoms with E-state index in [0.29, 0.717) is 0 Å². The Kier molecular flexibility index (Phi) is 7.46. The minimum absolute atomic E-state index is 0.124. The number of rotatable bonds is 4. The topological polar surface area (TPSA) is 47.9 Å². The van der Waals surface area contributed by atoms with Gasteiger partial charge >= 0.3 is 0 Å². The summed E-state index contributed by atoms with van der Waals surface area (Å²) in [7, 11) is 1.61. The fraction of sp³-hybridized carbons (Fsp3) is 0.250. The van der Waals surface area contributed by atoms with Crippen molar-refractivity contribution < 1.29 is 4.74 Å². The van der Waals surface area contributed by atoms with Crippen LogP contribution in [0.3, 0.4) is 0 Å². The van der Waals surface area contributed by atoms with Crippen molar-refractivity contribution in [3.8, 4) is 5.75 Å². The van der Waals surface area contributed by atoms with Gasteiger partial charge in [-0.1, -0.05) is 81.7 Å². The second-order valence-corrected chi connectivity index (χ2v) is 9.45. The van der Waals surface area contributed by atoms with Crippen molar-refractivity contribution in [3.63, 3.8) is 0 Å². The summed E-state index contributed by atoms with van der Waals surface area (Å²) in [5.41, 5.74) is 3.96. The lowest BCUT2D eigenvalue weighted by molar-refractivity contribution is 0.415. The Hall–Kier alpha value is -0.710. The zero-order valence-corrected chi connectivity index (χ0v) is 17.7. The van der Waals surface area contributed by atoms with Gasteiger partial charge in [0, 0.05) is 6.42 Å². The van der Waals surface area contributed by atoms with Gasteiger partial charge in [0.25, 0.3) is 0 Å². The number of hydrogen-bond donors (Lipinski definition) is 0. The number of ether oxygens (including phenoxy) is 1. The Bertz CT molecular complexity index is 789. The average Bonchev–Trinajstić information content (AvgIpc) is 2.57. The molecule has 0 N–H and O–H groups in total. The summed E-state index contributed by atoms with van der Waals surface area (Å²) in [6.07, 6.45) is 3.76. The maximum Gasteiger partial charge on any atom is 0.250 e. The van der Waals surface area contributed by atoms with E-state index < -0.39 is 7.59 Å². The van der Waals surface area contributed by atoms with Crippen LogP contribution in [0.2, 0.25) is 0 Å². The second kappa shape index (κ2) is 8.99. The molecule has 0 saturated heterocycles. The van der Waals surface area contributed by atoms with Crippen molar-refractivity contribution >= 4 is 75.7 Å². The van der Waals surface area contributed by atoms with Crippen LogP contribution in [0.4, 0.5) is 0 Å². The molecule has 2 rings (SSSR count). The quantitative estimate of drug-likeness (QED) is 0.407. The van der Waals surface area contributed by atoms with E-state index >= 15 is 0 Å². The molecule has 4 nitrogen and oxygen atoms in total. The molecule has 26 heavy (non-hydrogen) atoms. The van der Waals surface area contributed by atoms with E-state index in [9.17, 15) is 0 Å². The lowest BCUT2D eigenvalue weighted by Crippen LogP contribution is -2.17. The van der Waals surface area contributed by atoms with Gasteiger partial charge in [-0.3, -0.25) is 0 Å². The number of halogens is 6. The molecule has 2 aromatic rings. The summed E-state index contributed by atoms with van der Waals surface area (Å²) in [5.74, 6) is 0.802. The molecule has 0 aliphatic rings. The van der Waals surface area contributed by atoms with E-state index in [-0.39, 0.29) is 23.9 Å². The third-order valence-electron chi connectivity index (χ3n) is 2.96. The highest BCUT2D eigenvalue weighted by atomic mass is 35.6. The molecule has 0 amide bonds. The van der Waals surface area contributed by atoms with Gasteiger partial charge in [-0.15, -0.1) is 5.73 Å². The fourth-order valence-electron chi connectivity index (χ4n) is 1.77. The molecule has 1 aromatic carbocycles. The molecular formula is C16H11Cl6N3O. The Morgan fingerprint density at radius 1 is 0.923 bits per heavy atom. The lowest BCUT2D eigenvalue weighted by atomic mass is 10.2. The van der Waals surface area contributed by atoms with Gasteiger partial charge in [0.2, 0.25) is 7.59 Å². The number of allylic oxidation sites excluding steroid dienone is 1. The Morgan fingerprint density at radius 2 is 1.46 bits per heavy atom. The largest absolute Gasteiger partial charge is 0.497 e. The van der Waals surface area contributed by atoms with Crippen molar-refractivity contribution in [1.29, 1.82) is 0 Å². The monoisotopic (exact) mass is 471 g/mol. The van der Waals surface area contributed by atoms with Gasteiger partial charge < -0.3 is 4.74 Å². The van der Waals surface area contributed by atoms with E-state index in [2.05, 4.69) is 20.7 Å². The van der Waals surface area contributed by atoms with Crippen LogP contribution in [0.1, 0.15) is 23.0 Å². The van der Waals surface area contributed by atoms with Crippen LogP contribution in [0.5, 0.6) is 5.75 Å². The standard InChI is InChI=1S/C16H11Cl6N3O/c1-26-11-8-6-10(7-9-11)4-2-3-5-12-23-13(15(17,18)19)25-14(24-12)16(20,21)22/h3-4,6-9H,5H2,1H3. The van der Waals surface area contributed by atoms with E-state index in [1.807, 2.05) is 24.3 Å². The zero-order valence-electron chi connectivity index (χ0n) is 13.2. The highest BCUT2D eigenvalue weighted by molar-refractivity contribution is 6.67. The normalized spacial score (nSPS) is 11.7. The summed E-state index contributed by atoms with van der Waals surface area (Å²) in [4.78, 5) is 12.1. The van der Waals surface area contributed by atoms with E-state index in [4.69, 9.17) is 74.3 Å². The van der Waals surface area contributed by atoms with E-state index in [1.165, 1.54) is 0 Å². The predicted octanol–water partition coefficient (Wildman–Crippen LogP) is 5.94. The van der Waals surface area contributed by atoms with Crippen LogP contribution >= 0.6 is 69.6 Å². The molecule has 10 heteroatoms. The van der Waals surface area contributed by atoms with Crippen LogP contribution in [0.15, 0.2) is 36.1 Å². The molecule has 0 atom stereocenters. The molecule has 0 fully saturated rings. The van der Waals surface area contributed by atoms with Gasteiger partial charge in [0.15, 0.2) is 11.6 Å². The number of benzene rings is 1. The summed E-state index contributed by atoms with van der Waals surface area (Å²) >= 11 is 35.0. The molecular weight excluding hydrogens is 463 g/mol. The summed E-state index contributed by atoms with van der Waals surface area (Å²) in [6, 6.07) is 7.48. The SMILES string of the molecule is COc1ccc(C=C=CCc2nc(C(Cl)(Cl)Cl)nc(C(Cl)(Cl)Cl)n2)cc1. The number of aromatic nitrogens is 3. The van der Waals surface area contributed by atoms with Crippen molar-refractivity contribution in [1.82, 2.24) is 15.0 Å². The first-order chi connectivity index (χ1) is 12.1. The van der Waals surface area contributed by atoms with E-state index in [0.717, 1.165) is 11.3 Å². The summed E-state index contributed by atoms with van der Waals surface area (Å²) in [6.45, 7) is 0. The molecule has 0 radical (unpaired) electrons. The number of alkyl halides is 6. The molecule has 0 bridgehead atoms. The smallest absolute Gasteiger partial charge is 0.250 e. The number of hydrogen-bond acceptors (Lipinski definition) is 4. The first kappa shape index (κ1) is 21.6. The minimum Gasteiger partial charge on any atom is -0.497 e. The van der Waals surface area contributed by atoms with Gasteiger partial charge in [-0.2, -0.15) is 0 Å². The maximum absolute atomic E-state index is 5.83. The van der Waals surface area contributed by atoms with Gasteiger partial charge in [-0.05, 0) is 29.8 Å². The van der Waals surface area contributed by atoms with Crippen molar-refractivity contribution in [2.24, 2.45) is 0 Å². The number of methoxy groups -OCH3 is 1. The molecule has 0 aliphatic carbocycles. The van der Waals surface area contributed by atoms with Crippen LogP contribution in [0, 0.1) is 0 Å². The van der Waals surface area contributed by atoms with Crippen molar-refractivity contribution in [3.05, 3.63) is 59.1 Å². The molecule has 0 unspecified atom stereocenters. The molecule has 1 aromatic heterocycles. The highest BCUT2D eigenvalue weighted by Crippen LogP contribution is 2.39. The molecule has 0 spiro atoms. The average molecular weight is 474 g/mol. The van der Waals surface area contributed by atoms with Crippen molar-refractivity contribution in [2.45, 2.75) is 14.0 Å². The first-order valence-corrected chi connectivity index (χ1v) is 9.30. The fourth-order valence-corrected chi connectivity index (χ4v) is 2.28. The van der Waals surface area contributed by atoms with Gasteiger partial charge in [0.05, 0.1) is 7.11 Å². The molecule has 1 heterocycles. The Balaban J connectivity index is 2.23. The van der Waals surface area contributed by atoms with Crippen LogP contribution < -0.4 is 4.74 Å². The Labute approximate surface area is 180 Å². The zero-order chi connectivity index (χ0) is 19.4. The van der Waals surface area contributed by atoms with Crippen molar-refractivity contribution in [2.75, 3.05) is 7.11 Å². The van der Waals surface area contributed by atoms with Crippen LogP contribution in [-0.4, -0.2) is 22.1 Å². The summed E-state index contributed by atoms with van der Waals surface area (Å²) in [5, 5.41) is 0. The second-order valence-electron chi connectivity index (χ2n) is 4.89. The lowest BCUT2D eigenvalue weighted by Gasteiger charge is -2.15. The highest BCUT2D eigenvalue weighted by Gasteiger charge is 2.33. The first-order valence-electron chi connectivity index (χ1n) is 7.04. The predicted molar refractivity (Wildman–Crippen MR) is 108 cm³/mol. The van der Waals surface area contributed by atoms with Crippen LogP contribution in [0.25, 0.3) is 6.08 Å². The van der Waals surface area contributed by atoms with Gasteiger partial charge in [0.1, 0.15) is 11.6 Å². The molecule has 0 saturated carbocycles. The summed E-state index contributed by atoms with van der Waals surface area (Å²) < 4.78 is 1.36. The minimum atomic E-state index is -1.87. The third kappa shape index (κ3) is 6.47. The molecule has 0 aliphatic heterocycles. The maximum atomic E-state index is 5.83.